The van der Waals surface area contributed by atoms with Crippen LogP contribution in [-0.2, 0) is 6.42 Å². The van der Waals surface area contributed by atoms with E-state index in [0.717, 1.165) is 61.4 Å². The summed E-state index contributed by atoms with van der Waals surface area (Å²) in [4.78, 5) is 18.9. The molecule has 152 valence electrons. The number of fused-ring (bicyclic) bond motifs is 2. The van der Waals surface area contributed by atoms with E-state index in [9.17, 15) is 4.79 Å². The Labute approximate surface area is 177 Å². The van der Waals surface area contributed by atoms with Crippen molar-refractivity contribution < 1.29 is 8.83 Å². The Hall–Kier alpha value is -3.21. The van der Waals surface area contributed by atoms with Crippen LogP contribution < -0.4 is 10.7 Å². The van der Waals surface area contributed by atoms with Crippen molar-refractivity contribution in [1.82, 2.24) is 9.88 Å². The fraction of sp³-hybridized carbons (Fsp3) is 0.273. The number of rotatable bonds is 4. The van der Waals surface area contributed by atoms with Crippen molar-refractivity contribution in [3.8, 4) is 6.07 Å². The van der Waals surface area contributed by atoms with Crippen LogP contribution in [0.25, 0.3) is 22.1 Å². The third-order valence-corrected chi connectivity index (χ3v) is 5.88. The molecule has 7 nitrogen and oxygen atoms in total. The van der Waals surface area contributed by atoms with Crippen molar-refractivity contribution in [2.75, 3.05) is 37.6 Å². The Morgan fingerprint density at radius 1 is 1.17 bits per heavy atom. The van der Waals surface area contributed by atoms with Crippen molar-refractivity contribution in [3.63, 3.8) is 0 Å². The highest BCUT2D eigenvalue weighted by atomic mass is 35.5. The number of halogens is 1. The number of hydrogen-bond acceptors (Lipinski definition) is 6. The highest BCUT2D eigenvalue weighted by molar-refractivity contribution is 6.31. The molecule has 0 saturated carbocycles. The van der Waals surface area contributed by atoms with Gasteiger partial charge in [-0.1, -0.05) is 11.6 Å². The minimum Gasteiger partial charge on any atom is -0.464 e. The Balaban J connectivity index is 1.26. The van der Waals surface area contributed by atoms with Crippen LogP contribution in [0.2, 0.25) is 5.02 Å². The van der Waals surface area contributed by atoms with E-state index in [-0.39, 0.29) is 0 Å². The van der Waals surface area contributed by atoms with Gasteiger partial charge >= 0.3 is 5.76 Å². The van der Waals surface area contributed by atoms with Gasteiger partial charge in [0.05, 0.1) is 29.1 Å². The molecule has 30 heavy (non-hydrogen) atoms. The summed E-state index contributed by atoms with van der Waals surface area (Å²) < 4.78 is 11.0. The van der Waals surface area contributed by atoms with Crippen molar-refractivity contribution in [1.29, 1.82) is 5.26 Å². The molecule has 0 radical (unpaired) electrons. The number of nitriles is 1. The number of furan rings is 1. The zero-order valence-corrected chi connectivity index (χ0v) is 16.9. The van der Waals surface area contributed by atoms with Crippen LogP contribution in [0.4, 0.5) is 5.69 Å². The van der Waals surface area contributed by atoms with Crippen molar-refractivity contribution in [3.05, 3.63) is 63.3 Å². The number of H-pyrrole nitrogens is 1. The molecule has 1 saturated heterocycles. The quantitative estimate of drug-likeness (QED) is 0.538. The van der Waals surface area contributed by atoms with Crippen LogP contribution in [0.15, 0.2) is 50.2 Å². The van der Waals surface area contributed by atoms with Crippen LogP contribution in [0.5, 0.6) is 0 Å². The fourth-order valence-corrected chi connectivity index (χ4v) is 4.29. The molecule has 1 N–H and O–H groups in total. The molecule has 1 aliphatic heterocycles. The third-order valence-electron chi connectivity index (χ3n) is 5.66. The summed E-state index contributed by atoms with van der Waals surface area (Å²) >= 11 is 6.23. The molecule has 0 unspecified atom stereocenters. The number of hydrogen-bond donors (Lipinski definition) is 1. The molecule has 5 rings (SSSR count). The normalized spacial score (nSPS) is 15.1. The molecular weight excluding hydrogens is 404 g/mol. The molecular formula is C22H19ClN4O3. The smallest absolute Gasteiger partial charge is 0.417 e. The number of nitrogens with one attached hydrogen (secondary N) is 1. The average Bonchev–Trinajstić information content (AvgIpc) is 3.33. The van der Waals surface area contributed by atoms with E-state index >= 15 is 0 Å². The first-order valence-electron chi connectivity index (χ1n) is 9.80. The van der Waals surface area contributed by atoms with Gasteiger partial charge in [-0.25, -0.2) is 4.79 Å². The van der Waals surface area contributed by atoms with Crippen LogP contribution in [-0.4, -0.2) is 42.6 Å². The second kappa shape index (κ2) is 7.56. The fourth-order valence-electron chi connectivity index (χ4n) is 4.08. The molecule has 1 aliphatic rings. The standard InChI is InChI=1S/C22H19ClN4O3/c23-16-10-18-21(30-22(28)25-18)19(11-16)27-7-5-26(6-8-27)4-3-15-13-29-20-2-1-14(12-24)9-17(15)20/h1-2,9-11,13H,3-8H2,(H,25,28). The van der Waals surface area contributed by atoms with E-state index in [1.54, 1.807) is 18.4 Å². The zero-order valence-electron chi connectivity index (χ0n) is 16.2. The monoisotopic (exact) mass is 422 g/mol. The van der Waals surface area contributed by atoms with Gasteiger partial charge in [-0.15, -0.1) is 0 Å². The van der Waals surface area contributed by atoms with Gasteiger partial charge in [0.25, 0.3) is 0 Å². The SMILES string of the molecule is N#Cc1ccc2occ(CCN3CCN(c4cc(Cl)cc5[nH]c(=O)oc45)CC3)c2c1. The minimum absolute atomic E-state index is 0.473. The van der Waals surface area contributed by atoms with E-state index in [0.29, 0.717) is 21.7 Å². The Morgan fingerprint density at radius 2 is 2.00 bits per heavy atom. The van der Waals surface area contributed by atoms with Crippen molar-refractivity contribution >= 4 is 39.4 Å². The van der Waals surface area contributed by atoms with Gasteiger partial charge in [-0.3, -0.25) is 9.88 Å². The van der Waals surface area contributed by atoms with E-state index in [2.05, 4.69) is 20.9 Å². The van der Waals surface area contributed by atoms with Gasteiger partial charge in [-0.05, 0) is 42.3 Å². The molecule has 2 aromatic heterocycles. The Morgan fingerprint density at radius 3 is 2.80 bits per heavy atom. The molecule has 0 amide bonds. The lowest BCUT2D eigenvalue weighted by molar-refractivity contribution is 0.261. The van der Waals surface area contributed by atoms with Gasteiger partial charge in [-0.2, -0.15) is 5.26 Å². The summed E-state index contributed by atoms with van der Waals surface area (Å²) in [7, 11) is 0. The van der Waals surface area contributed by atoms with E-state index in [4.69, 9.17) is 25.7 Å². The number of piperazine rings is 1. The van der Waals surface area contributed by atoms with E-state index < -0.39 is 5.76 Å². The molecule has 0 spiro atoms. The van der Waals surface area contributed by atoms with E-state index in [1.807, 2.05) is 18.2 Å². The molecule has 8 heteroatoms. The molecule has 0 atom stereocenters. The number of nitrogens with zero attached hydrogens (tertiary/aromatic N) is 3. The summed E-state index contributed by atoms with van der Waals surface area (Å²) in [5, 5.41) is 10.7. The van der Waals surface area contributed by atoms with Gasteiger partial charge in [0.1, 0.15) is 5.58 Å². The molecule has 1 fully saturated rings. The van der Waals surface area contributed by atoms with Gasteiger partial charge in [0.15, 0.2) is 5.58 Å². The largest absolute Gasteiger partial charge is 0.464 e. The van der Waals surface area contributed by atoms with Gasteiger partial charge in [0.2, 0.25) is 0 Å². The lowest BCUT2D eigenvalue weighted by Gasteiger charge is -2.36. The number of benzene rings is 2. The lowest BCUT2D eigenvalue weighted by atomic mass is 10.1. The van der Waals surface area contributed by atoms with Crippen LogP contribution in [0, 0.1) is 11.3 Å². The first kappa shape index (κ1) is 18.8. The topological polar surface area (TPSA) is 89.4 Å². The predicted molar refractivity (Wildman–Crippen MR) is 115 cm³/mol. The maximum Gasteiger partial charge on any atom is 0.417 e. The zero-order chi connectivity index (χ0) is 20.7. The van der Waals surface area contributed by atoms with Crippen LogP contribution in [0.1, 0.15) is 11.1 Å². The number of oxazole rings is 1. The Kier molecular flexibility index (Phi) is 4.74. The molecule has 4 aromatic rings. The van der Waals surface area contributed by atoms with E-state index in [1.165, 1.54) is 0 Å². The first-order chi connectivity index (χ1) is 14.6. The summed E-state index contributed by atoms with van der Waals surface area (Å²) in [6.07, 6.45) is 2.65. The molecule has 0 bridgehead atoms. The summed E-state index contributed by atoms with van der Waals surface area (Å²) in [6.45, 7) is 4.32. The molecule has 2 aromatic carbocycles. The van der Waals surface area contributed by atoms with Gasteiger partial charge < -0.3 is 13.7 Å². The second-order valence-corrected chi connectivity index (χ2v) is 7.91. The highest BCUT2D eigenvalue weighted by Gasteiger charge is 2.21. The molecule has 3 heterocycles. The van der Waals surface area contributed by atoms with Crippen molar-refractivity contribution in [2.45, 2.75) is 6.42 Å². The second-order valence-electron chi connectivity index (χ2n) is 7.48. The average molecular weight is 423 g/mol. The predicted octanol–water partition coefficient (Wildman–Crippen LogP) is 3.76. The summed E-state index contributed by atoms with van der Waals surface area (Å²) in [6, 6.07) is 11.2. The summed E-state index contributed by atoms with van der Waals surface area (Å²) in [5.41, 5.74) is 4.59. The summed E-state index contributed by atoms with van der Waals surface area (Å²) in [5.74, 6) is -0.473. The third kappa shape index (κ3) is 3.45. The maximum absolute atomic E-state index is 11.6. The minimum atomic E-state index is -0.473. The van der Waals surface area contributed by atoms with Crippen molar-refractivity contribution in [2.24, 2.45) is 0 Å². The highest BCUT2D eigenvalue weighted by Crippen LogP contribution is 2.30. The lowest BCUT2D eigenvalue weighted by Crippen LogP contribution is -2.47. The Bertz CT molecular complexity index is 1320. The van der Waals surface area contributed by atoms with Gasteiger partial charge in [0, 0.05) is 43.1 Å². The number of aromatic nitrogens is 1. The van der Waals surface area contributed by atoms with Crippen LogP contribution in [0.3, 0.4) is 0 Å². The first-order valence-corrected chi connectivity index (χ1v) is 10.2. The maximum atomic E-state index is 11.6. The van der Waals surface area contributed by atoms with Crippen LogP contribution >= 0.6 is 11.6 Å². The number of aromatic amines is 1. The molecule has 0 aliphatic carbocycles. The number of anilines is 1.